The number of aryl methyl sites for hydroxylation is 3. The maximum atomic E-state index is 12.5. The van der Waals surface area contributed by atoms with Gasteiger partial charge in [0, 0.05) is 33.1 Å². The summed E-state index contributed by atoms with van der Waals surface area (Å²) in [5.41, 5.74) is 2.88. The Hall–Kier alpha value is -2.36. The third-order valence-electron chi connectivity index (χ3n) is 5.08. The largest absolute Gasteiger partial charge is 0.310 e. The van der Waals surface area contributed by atoms with E-state index in [9.17, 15) is 9.59 Å². The van der Waals surface area contributed by atoms with Gasteiger partial charge in [-0.2, -0.15) is 0 Å². The molecule has 0 bridgehead atoms. The van der Waals surface area contributed by atoms with Crippen molar-refractivity contribution in [3.8, 4) is 11.3 Å². The quantitative estimate of drug-likeness (QED) is 0.406. The zero-order valence-corrected chi connectivity index (χ0v) is 19.0. The van der Waals surface area contributed by atoms with Gasteiger partial charge in [-0.25, -0.2) is 9.97 Å². The van der Waals surface area contributed by atoms with Gasteiger partial charge in [-0.1, -0.05) is 28.1 Å². The second-order valence-corrected chi connectivity index (χ2v) is 10.0. The van der Waals surface area contributed by atoms with Crippen molar-refractivity contribution in [2.75, 3.05) is 5.32 Å². The number of aromatic nitrogens is 3. The molecule has 0 spiro atoms. The average Bonchev–Trinajstić information content (AvgIpc) is 3.42. The highest BCUT2D eigenvalue weighted by atomic mass is 79.9. The van der Waals surface area contributed by atoms with E-state index in [4.69, 9.17) is 0 Å². The molecule has 0 radical (unpaired) electrons. The molecule has 0 saturated heterocycles. The van der Waals surface area contributed by atoms with Crippen molar-refractivity contribution in [2.24, 2.45) is 0 Å². The van der Waals surface area contributed by atoms with Crippen molar-refractivity contribution in [1.82, 2.24) is 15.0 Å². The fourth-order valence-electron chi connectivity index (χ4n) is 3.69. The van der Waals surface area contributed by atoms with Crippen molar-refractivity contribution in [3.63, 3.8) is 0 Å². The molecule has 0 fully saturated rings. The molecule has 1 amide bonds. The number of nitrogens with zero attached hydrogens (tertiary/aromatic N) is 2. The highest BCUT2D eigenvalue weighted by Gasteiger charge is 2.21. The number of aromatic amines is 1. The van der Waals surface area contributed by atoms with Gasteiger partial charge in [-0.3, -0.25) is 9.59 Å². The summed E-state index contributed by atoms with van der Waals surface area (Å²) in [5.74, 6) is 0.401. The Balaban J connectivity index is 1.25. The van der Waals surface area contributed by atoms with Gasteiger partial charge in [-0.05, 0) is 37.0 Å². The van der Waals surface area contributed by atoms with Gasteiger partial charge in [0.25, 0.3) is 5.56 Å². The first-order valence-corrected chi connectivity index (χ1v) is 12.1. The minimum Gasteiger partial charge on any atom is -0.310 e. The lowest BCUT2D eigenvalue weighted by Crippen LogP contribution is -2.16. The number of nitrogens with one attached hydrogen (secondary N) is 2. The standard InChI is InChI=1S/C21H17BrN4O2S2/c22-12-4-1-3-11(9-12)14-10-29-21(23-14)26-17(27)8-7-16-24-19(28)18-13-5-2-6-15(13)30-20(18)25-16/h1,3-4,9-10H,2,5-8H2,(H,23,26,27)(H,24,25,28). The molecular weight excluding hydrogens is 484 g/mol. The molecule has 0 unspecified atom stereocenters. The maximum absolute atomic E-state index is 12.5. The minimum atomic E-state index is -0.151. The van der Waals surface area contributed by atoms with E-state index >= 15 is 0 Å². The van der Waals surface area contributed by atoms with Gasteiger partial charge in [-0.15, -0.1) is 22.7 Å². The van der Waals surface area contributed by atoms with Gasteiger partial charge >= 0.3 is 0 Å². The molecule has 3 aromatic heterocycles. The van der Waals surface area contributed by atoms with Gasteiger partial charge in [0.05, 0.1) is 11.1 Å². The van der Waals surface area contributed by atoms with Crippen LogP contribution >= 0.6 is 38.6 Å². The summed E-state index contributed by atoms with van der Waals surface area (Å²) >= 11 is 6.45. The van der Waals surface area contributed by atoms with Gasteiger partial charge in [0.1, 0.15) is 10.7 Å². The molecule has 4 aromatic rings. The van der Waals surface area contributed by atoms with Crippen LogP contribution in [0.3, 0.4) is 0 Å². The summed E-state index contributed by atoms with van der Waals surface area (Å²) in [4.78, 5) is 38.9. The van der Waals surface area contributed by atoms with E-state index in [0.29, 0.717) is 17.4 Å². The molecule has 0 saturated carbocycles. The fraction of sp³-hybridized carbons (Fsp3) is 0.238. The average molecular weight is 501 g/mol. The van der Waals surface area contributed by atoms with E-state index in [-0.39, 0.29) is 17.9 Å². The number of rotatable bonds is 5. The van der Waals surface area contributed by atoms with Gasteiger partial charge < -0.3 is 10.3 Å². The van der Waals surface area contributed by atoms with Gasteiger partial charge in [0.15, 0.2) is 5.13 Å². The van der Waals surface area contributed by atoms with Crippen LogP contribution in [0.2, 0.25) is 0 Å². The predicted molar refractivity (Wildman–Crippen MR) is 124 cm³/mol. The third-order valence-corrected chi connectivity index (χ3v) is 7.52. The van der Waals surface area contributed by atoms with Crippen LogP contribution in [0.15, 0.2) is 38.9 Å². The fourth-order valence-corrected chi connectivity index (χ4v) is 6.11. The van der Waals surface area contributed by atoms with E-state index in [1.165, 1.54) is 16.2 Å². The van der Waals surface area contributed by atoms with Crippen molar-refractivity contribution in [1.29, 1.82) is 0 Å². The van der Waals surface area contributed by atoms with Crippen molar-refractivity contribution < 1.29 is 4.79 Å². The first-order valence-electron chi connectivity index (χ1n) is 9.61. The lowest BCUT2D eigenvalue weighted by molar-refractivity contribution is -0.116. The molecule has 6 nitrogen and oxygen atoms in total. The molecule has 1 aromatic carbocycles. The number of benzene rings is 1. The van der Waals surface area contributed by atoms with E-state index in [0.717, 1.165) is 50.8 Å². The number of amides is 1. The van der Waals surface area contributed by atoms with Crippen LogP contribution in [0.4, 0.5) is 5.13 Å². The second kappa shape index (κ2) is 8.05. The van der Waals surface area contributed by atoms with Crippen LogP contribution in [-0.2, 0) is 24.1 Å². The highest BCUT2D eigenvalue weighted by molar-refractivity contribution is 9.10. The number of carbonyl (C=O) groups excluding carboxylic acids is 1. The monoisotopic (exact) mass is 500 g/mol. The minimum absolute atomic E-state index is 0.0894. The Labute approximate surface area is 188 Å². The van der Waals surface area contributed by atoms with E-state index < -0.39 is 0 Å². The van der Waals surface area contributed by atoms with Crippen LogP contribution in [0, 0.1) is 0 Å². The number of anilines is 1. The number of thiophene rings is 1. The molecule has 0 aliphatic heterocycles. The van der Waals surface area contributed by atoms with Crippen molar-refractivity contribution in [2.45, 2.75) is 32.1 Å². The van der Waals surface area contributed by atoms with E-state index in [1.54, 1.807) is 11.3 Å². The van der Waals surface area contributed by atoms with Crippen molar-refractivity contribution in [3.05, 3.63) is 60.7 Å². The number of fused-ring (bicyclic) bond motifs is 3. The summed E-state index contributed by atoms with van der Waals surface area (Å²) in [6.45, 7) is 0. The van der Waals surface area contributed by atoms with Crippen LogP contribution in [0.25, 0.3) is 21.5 Å². The highest BCUT2D eigenvalue weighted by Crippen LogP contribution is 2.34. The second-order valence-electron chi connectivity index (χ2n) is 7.15. The number of hydrogen-bond donors (Lipinski definition) is 2. The molecule has 152 valence electrons. The van der Waals surface area contributed by atoms with Gasteiger partial charge in [0.2, 0.25) is 5.91 Å². The van der Waals surface area contributed by atoms with E-state index in [1.807, 2.05) is 29.6 Å². The zero-order valence-electron chi connectivity index (χ0n) is 15.8. The lowest BCUT2D eigenvalue weighted by Gasteiger charge is -2.03. The Morgan fingerprint density at radius 1 is 1.27 bits per heavy atom. The normalized spacial score (nSPS) is 13.0. The molecule has 9 heteroatoms. The third kappa shape index (κ3) is 3.84. The Kier molecular flexibility index (Phi) is 5.26. The number of hydrogen-bond acceptors (Lipinski definition) is 6. The summed E-state index contributed by atoms with van der Waals surface area (Å²) in [6.07, 6.45) is 3.70. The maximum Gasteiger partial charge on any atom is 0.259 e. The topological polar surface area (TPSA) is 87.7 Å². The van der Waals surface area contributed by atoms with Crippen LogP contribution < -0.4 is 10.9 Å². The number of carbonyl (C=O) groups is 1. The summed E-state index contributed by atoms with van der Waals surface area (Å²) < 4.78 is 0.980. The van der Waals surface area contributed by atoms with Crippen molar-refractivity contribution >= 4 is 59.9 Å². The van der Waals surface area contributed by atoms with Crippen LogP contribution in [-0.4, -0.2) is 20.9 Å². The Morgan fingerprint density at radius 3 is 3.03 bits per heavy atom. The van der Waals surface area contributed by atoms with Crippen LogP contribution in [0.1, 0.15) is 29.1 Å². The number of H-pyrrole nitrogens is 1. The molecule has 3 heterocycles. The molecule has 1 aliphatic carbocycles. The molecule has 5 rings (SSSR count). The first-order chi connectivity index (χ1) is 14.6. The molecule has 0 atom stereocenters. The van der Waals surface area contributed by atoms with Crippen LogP contribution in [0.5, 0.6) is 0 Å². The zero-order chi connectivity index (χ0) is 20.7. The Morgan fingerprint density at radius 2 is 2.17 bits per heavy atom. The summed E-state index contributed by atoms with van der Waals surface area (Å²) in [7, 11) is 0. The lowest BCUT2D eigenvalue weighted by atomic mass is 10.2. The summed E-state index contributed by atoms with van der Waals surface area (Å²) in [6, 6.07) is 7.87. The smallest absolute Gasteiger partial charge is 0.259 e. The molecule has 30 heavy (non-hydrogen) atoms. The molecular formula is C21H17BrN4O2S2. The first kappa shape index (κ1) is 19.6. The SMILES string of the molecule is O=C(CCc1nc2sc3c(c2c(=O)[nH]1)CCC3)Nc1nc(-c2cccc(Br)c2)cs1. The number of thiazole rings is 1. The van der Waals surface area contributed by atoms with E-state index in [2.05, 4.69) is 36.2 Å². The Bertz CT molecular complexity index is 1320. The molecule has 1 aliphatic rings. The predicted octanol–water partition coefficient (Wildman–Crippen LogP) is 4.93. The number of halogens is 1. The summed E-state index contributed by atoms with van der Waals surface area (Å²) in [5, 5.41) is 6.05. The molecule has 2 N–H and O–H groups in total.